The van der Waals surface area contributed by atoms with Crippen LogP contribution in [0.4, 0.5) is 0 Å². The molecule has 2 aliphatic rings. The van der Waals surface area contributed by atoms with E-state index in [0.717, 1.165) is 25.7 Å². The van der Waals surface area contributed by atoms with E-state index in [0.29, 0.717) is 11.1 Å². The van der Waals surface area contributed by atoms with Gasteiger partial charge in [0.05, 0.1) is 17.0 Å². The van der Waals surface area contributed by atoms with Crippen molar-refractivity contribution in [3.8, 4) is 11.5 Å². The van der Waals surface area contributed by atoms with Crippen LogP contribution in [-0.4, -0.2) is 21.8 Å². The summed E-state index contributed by atoms with van der Waals surface area (Å²) in [6.45, 7) is 0. The zero-order chi connectivity index (χ0) is 16.8. The van der Waals surface area contributed by atoms with Crippen molar-refractivity contribution in [3.05, 3.63) is 58.7 Å². The van der Waals surface area contributed by atoms with E-state index in [4.69, 9.17) is 0 Å². The van der Waals surface area contributed by atoms with Gasteiger partial charge in [-0.3, -0.25) is 9.59 Å². The molecule has 0 atom stereocenters. The van der Waals surface area contributed by atoms with Crippen molar-refractivity contribution in [3.63, 3.8) is 0 Å². The molecular formula is C20H18O4. The molecule has 0 saturated heterocycles. The van der Waals surface area contributed by atoms with Gasteiger partial charge in [-0.05, 0) is 36.1 Å². The molecule has 0 aliphatic heterocycles. The SMILES string of the molecule is O=C1c2c(O)cccc2C(C(=O)C2CCCC2)c2cccc(O)c21. The van der Waals surface area contributed by atoms with E-state index < -0.39 is 11.7 Å². The molecule has 4 nitrogen and oxygen atoms in total. The Morgan fingerprint density at radius 2 is 1.38 bits per heavy atom. The molecule has 24 heavy (non-hydrogen) atoms. The number of phenols is 2. The maximum absolute atomic E-state index is 13.2. The molecule has 2 N–H and O–H groups in total. The highest BCUT2D eigenvalue weighted by Crippen LogP contribution is 2.45. The van der Waals surface area contributed by atoms with Gasteiger partial charge in [-0.25, -0.2) is 0 Å². The number of fused-ring (bicyclic) bond motifs is 2. The highest BCUT2D eigenvalue weighted by molar-refractivity contribution is 6.18. The number of phenolic OH excluding ortho intramolecular Hbond substituents is 2. The number of carbonyl (C=O) groups is 2. The molecule has 0 radical (unpaired) electrons. The van der Waals surface area contributed by atoms with Crippen molar-refractivity contribution in [1.29, 1.82) is 0 Å². The lowest BCUT2D eigenvalue weighted by Gasteiger charge is -2.29. The lowest BCUT2D eigenvalue weighted by Crippen LogP contribution is -2.28. The first-order chi connectivity index (χ1) is 11.6. The fourth-order valence-corrected chi connectivity index (χ4v) is 4.14. The van der Waals surface area contributed by atoms with Gasteiger partial charge in [-0.1, -0.05) is 37.1 Å². The average Bonchev–Trinajstić information content (AvgIpc) is 3.09. The van der Waals surface area contributed by atoms with Crippen LogP contribution < -0.4 is 0 Å². The summed E-state index contributed by atoms with van der Waals surface area (Å²) in [5, 5.41) is 20.4. The standard InChI is InChI=1S/C20H18O4/c21-14-9-3-7-12-16(19(23)11-5-1-2-6-11)13-8-4-10-15(22)18(13)20(24)17(12)14/h3-4,7-11,16,21-22H,1-2,5-6H2. The van der Waals surface area contributed by atoms with E-state index in [2.05, 4.69) is 0 Å². The first kappa shape index (κ1) is 14.9. The van der Waals surface area contributed by atoms with Gasteiger partial charge in [0.1, 0.15) is 17.3 Å². The summed E-state index contributed by atoms with van der Waals surface area (Å²) < 4.78 is 0. The topological polar surface area (TPSA) is 74.6 Å². The molecule has 0 amide bonds. The van der Waals surface area contributed by atoms with Crippen LogP contribution in [0.1, 0.15) is 58.6 Å². The molecule has 2 aliphatic carbocycles. The monoisotopic (exact) mass is 322 g/mol. The van der Waals surface area contributed by atoms with Gasteiger partial charge in [0.15, 0.2) is 0 Å². The van der Waals surface area contributed by atoms with Crippen molar-refractivity contribution in [2.45, 2.75) is 31.6 Å². The number of hydrogen-bond acceptors (Lipinski definition) is 4. The second-order valence-corrected chi connectivity index (χ2v) is 6.63. The predicted octanol–water partition coefficient (Wildman–Crippen LogP) is 3.53. The van der Waals surface area contributed by atoms with E-state index in [-0.39, 0.29) is 34.3 Å². The van der Waals surface area contributed by atoms with Gasteiger partial charge in [0.2, 0.25) is 5.78 Å². The summed E-state index contributed by atoms with van der Waals surface area (Å²) in [4.78, 5) is 26.0. The van der Waals surface area contributed by atoms with Crippen LogP contribution in [0.15, 0.2) is 36.4 Å². The molecule has 2 aromatic carbocycles. The Morgan fingerprint density at radius 3 is 1.88 bits per heavy atom. The molecule has 122 valence electrons. The molecular weight excluding hydrogens is 304 g/mol. The smallest absolute Gasteiger partial charge is 0.201 e. The van der Waals surface area contributed by atoms with Crippen molar-refractivity contribution in [2.24, 2.45) is 5.92 Å². The zero-order valence-electron chi connectivity index (χ0n) is 13.2. The quantitative estimate of drug-likeness (QED) is 0.887. The van der Waals surface area contributed by atoms with Crippen LogP contribution in [0.25, 0.3) is 0 Å². The maximum Gasteiger partial charge on any atom is 0.201 e. The van der Waals surface area contributed by atoms with Crippen molar-refractivity contribution in [1.82, 2.24) is 0 Å². The van der Waals surface area contributed by atoms with Crippen molar-refractivity contribution >= 4 is 11.6 Å². The molecule has 0 heterocycles. The summed E-state index contributed by atoms with van der Waals surface area (Å²) in [5.74, 6) is -1.25. The Kier molecular flexibility index (Phi) is 3.41. The summed E-state index contributed by atoms with van der Waals surface area (Å²) in [7, 11) is 0. The third kappa shape index (κ3) is 2.06. The maximum atomic E-state index is 13.2. The summed E-state index contributed by atoms with van der Waals surface area (Å²) in [6.07, 6.45) is 3.82. The number of aromatic hydroxyl groups is 2. The normalized spacial score (nSPS) is 17.6. The van der Waals surface area contributed by atoms with Crippen LogP contribution in [0.2, 0.25) is 0 Å². The van der Waals surface area contributed by atoms with Gasteiger partial charge in [-0.15, -0.1) is 0 Å². The second-order valence-electron chi connectivity index (χ2n) is 6.63. The number of benzene rings is 2. The first-order valence-electron chi connectivity index (χ1n) is 8.31. The lowest BCUT2D eigenvalue weighted by atomic mass is 9.72. The van der Waals surface area contributed by atoms with Gasteiger partial charge in [0.25, 0.3) is 0 Å². The second kappa shape index (κ2) is 5.48. The van der Waals surface area contributed by atoms with Crippen molar-refractivity contribution < 1.29 is 19.8 Å². The Bertz CT molecular complexity index is 791. The van der Waals surface area contributed by atoms with Gasteiger partial charge in [-0.2, -0.15) is 0 Å². The van der Waals surface area contributed by atoms with E-state index in [1.54, 1.807) is 24.3 Å². The molecule has 0 bridgehead atoms. The van der Waals surface area contributed by atoms with E-state index in [1.807, 2.05) is 0 Å². The molecule has 1 fully saturated rings. The van der Waals surface area contributed by atoms with E-state index in [1.165, 1.54) is 12.1 Å². The molecule has 2 aromatic rings. The molecule has 1 saturated carbocycles. The minimum atomic E-state index is -0.602. The van der Waals surface area contributed by atoms with Crippen LogP contribution >= 0.6 is 0 Å². The van der Waals surface area contributed by atoms with Crippen LogP contribution in [-0.2, 0) is 4.79 Å². The minimum absolute atomic E-state index is 0.0198. The van der Waals surface area contributed by atoms with Gasteiger partial charge < -0.3 is 10.2 Å². The molecule has 4 rings (SSSR count). The Hall–Kier alpha value is -2.62. The predicted molar refractivity (Wildman–Crippen MR) is 88.5 cm³/mol. The lowest BCUT2D eigenvalue weighted by molar-refractivity contribution is -0.123. The van der Waals surface area contributed by atoms with Gasteiger partial charge in [0, 0.05) is 5.92 Å². The fraction of sp³-hybridized carbons (Fsp3) is 0.300. The molecule has 4 heteroatoms. The van der Waals surface area contributed by atoms with E-state index >= 15 is 0 Å². The summed E-state index contributed by atoms with van der Waals surface area (Å²) in [5.41, 5.74) is 1.38. The fourth-order valence-electron chi connectivity index (χ4n) is 4.14. The van der Waals surface area contributed by atoms with Crippen LogP contribution in [0.5, 0.6) is 11.5 Å². The Morgan fingerprint density at radius 1 is 0.875 bits per heavy atom. The number of ketones is 2. The van der Waals surface area contributed by atoms with Gasteiger partial charge >= 0.3 is 0 Å². The molecule has 0 spiro atoms. The largest absolute Gasteiger partial charge is 0.507 e. The van der Waals surface area contributed by atoms with Crippen LogP contribution in [0, 0.1) is 5.92 Å². The summed E-state index contributed by atoms with van der Waals surface area (Å²) >= 11 is 0. The number of hydrogen-bond donors (Lipinski definition) is 2. The van der Waals surface area contributed by atoms with Crippen molar-refractivity contribution in [2.75, 3.05) is 0 Å². The van der Waals surface area contributed by atoms with Crippen LogP contribution in [0.3, 0.4) is 0 Å². The molecule has 0 unspecified atom stereocenters. The zero-order valence-corrected chi connectivity index (χ0v) is 13.2. The Labute approximate surface area is 139 Å². The number of carbonyl (C=O) groups excluding carboxylic acids is 2. The third-order valence-corrected chi connectivity index (χ3v) is 5.27. The first-order valence-corrected chi connectivity index (χ1v) is 8.31. The number of rotatable bonds is 2. The minimum Gasteiger partial charge on any atom is -0.507 e. The molecule has 0 aromatic heterocycles. The third-order valence-electron chi connectivity index (χ3n) is 5.27. The Balaban J connectivity index is 1.95. The van der Waals surface area contributed by atoms with E-state index in [9.17, 15) is 19.8 Å². The highest BCUT2D eigenvalue weighted by atomic mass is 16.3. The summed E-state index contributed by atoms with van der Waals surface area (Å²) in [6, 6.07) is 9.67. The average molecular weight is 322 g/mol. The number of Topliss-reactive ketones (excluding diaryl/α,β-unsaturated/α-hetero) is 1. The highest BCUT2D eigenvalue weighted by Gasteiger charge is 2.40.